The molecule has 0 radical (unpaired) electrons. The third kappa shape index (κ3) is 5.74. The van der Waals surface area contributed by atoms with Crippen LogP contribution in [0.4, 0.5) is 0 Å². The van der Waals surface area contributed by atoms with Crippen LogP contribution in [0.3, 0.4) is 0 Å². The van der Waals surface area contributed by atoms with Crippen LogP contribution in [0.25, 0.3) is 6.08 Å². The van der Waals surface area contributed by atoms with Gasteiger partial charge in [0.15, 0.2) is 5.78 Å². The zero-order valence-electron chi connectivity index (χ0n) is 17.4. The number of hydrogen-bond acceptors (Lipinski definition) is 4. The molecule has 0 fully saturated rings. The van der Waals surface area contributed by atoms with Crippen molar-refractivity contribution in [3.05, 3.63) is 86.1 Å². The fourth-order valence-corrected chi connectivity index (χ4v) is 4.36. The van der Waals surface area contributed by atoms with E-state index in [0.29, 0.717) is 17.4 Å². The molecule has 0 atom stereocenters. The number of aryl methyl sites for hydroxylation is 2. The van der Waals surface area contributed by atoms with Crippen LogP contribution < -0.4 is 9.47 Å². The van der Waals surface area contributed by atoms with Gasteiger partial charge in [-0.25, -0.2) is 0 Å². The van der Waals surface area contributed by atoms with E-state index in [1.54, 1.807) is 24.5 Å². The van der Waals surface area contributed by atoms with Crippen LogP contribution in [0.15, 0.2) is 54.6 Å². The number of ether oxygens (including phenoxy) is 2. The van der Waals surface area contributed by atoms with Crippen LogP contribution in [0.1, 0.15) is 44.6 Å². The molecular formula is C25H25ClO3S. The molecule has 1 aromatic heterocycles. The van der Waals surface area contributed by atoms with Crippen molar-refractivity contribution in [2.45, 2.75) is 33.3 Å². The number of benzene rings is 2. The maximum Gasteiger partial charge on any atom is 0.195 e. The maximum absolute atomic E-state index is 12.5. The van der Waals surface area contributed by atoms with E-state index in [9.17, 15) is 4.79 Å². The highest BCUT2D eigenvalue weighted by molar-refractivity contribution is 7.14. The molecule has 3 rings (SSSR count). The van der Waals surface area contributed by atoms with Gasteiger partial charge in [0, 0.05) is 10.4 Å². The van der Waals surface area contributed by atoms with Crippen molar-refractivity contribution in [1.29, 1.82) is 0 Å². The van der Waals surface area contributed by atoms with E-state index in [4.69, 9.17) is 21.1 Å². The van der Waals surface area contributed by atoms with Gasteiger partial charge in [0.25, 0.3) is 0 Å². The minimum Gasteiger partial charge on any atom is -0.496 e. The van der Waals surface area contributed by atoms with Crippen molar-refractivity contribution >= 4 is 34.8 Å². The summed E-state index contributed by atoms with van der Waals surface area (Å²) in [5, 5.41) is 0.578. The van der Waals surface area contributed by atoms with Crippen LogP contribution in [0, 0.1) is 6.92 Å². The van der Waals surface area contributed by atoms with Gasteiger partial charge in [-0.15, -0.1) is 11.3 Å². The molecule has 1 heterocycles. The van der Waals surface area contributed by atoms with Crippen molar-refractivity contribution in [1.82, 2.24) is 0 Å². The summed E-state index contributed by atoms with van der Waals surface area (Å²) in [6.07, 6.45) is 5.52. The van der Waals surface area contributed by atoms with Crippen molar-refractivity contribution in [2.24, 2.45) is 0 Å². The lowest BCUT2D eigenvalue weighted by molar-refractivity contribution is 0.105. The van der Waals surface area contributed by atoms with Gasteiger partial charge in [-0.2, -0.15) is 0 Å². The Labute approximate surface area is 186 Å². The molecule has 3 nitrogen and oxygen atoms in total. The van der Waals surface area contributed by atoms with Gasteiger partial charge in [0.2, 0.25) is 0 Å². The van der Waals surface area contributed by atoms with Gasteiger partial charge in [0.1, 0.15) is 18.1 Å². The highest BCUT2D eigenvalue weighted by Gasteiger charge is 2.09. The average molecular weight is 441 g/mol. The van der Waals surface area contributed by atoms with Gasteiger partial charge < -0.3 is 9.47 Å². The first-order valence-electron chi connectivity index (χ1n) is 9.87. The van der Waals surface area contributed by atoms with Gasteiger partial charge in [-0.3, -0.25) is 4.79 Å². The van der Waals surface area contributed by atoms with Gasteiger partial charge >= 0.3 is 0 Å². The zero-order valence-corrected chi connectivity index (χ0v) is 19.0. The summed E-state index contributed by atoms with van der Waals surface area (Å²) in [5.74, 6) is 1.37. The normalized spacial score (nSPS) is 11.1. The second-order valence-corrected chi connectivity index (χ2v) is 8.58. The molecule has 30 heavy (non-hydrogen) atoms. The van der Waals surface area contributed by atoms with Gasteiger partial charge in [0.05, 0.1) is 17.0 Å². The Morgan fingerprint density at radius 3 is 2.63 bits per heavy atom. The average Bonchev–Trinajstić information content (AvgIpc) is 3.20. The number of ketones is 1. The molecule has 0 spiro atoms. The fourth-order valence-electron chi connectivity index (χ4n) is 3.04. The molecule has 0 N–H and O–H groups in total. The predicted octanol–water partition coefficient (Wildman–Crippen LogP) is 7.15. The van der Waals surface area contributed by atoms with E-state index in [1.165, 1.54) is 4.88 Å². The van der Waals surface area contributed by atoms with E-state index >= 15 is 0 Å². The second kappa shape index (κ2) is 10.5. The molecular weight excluding hydrogens is 416 g/mol. The number of carbonyl (C=O) groups is 1. The molecule has 0 aliphatic heterocycles. The number of methoxy groups -OCH3 is 1. The summed E-state index contributed by atoms with van der Waals surface area (Å²) in [7, 11) is 1.63. The quantitative estimate of drug-likeness (QED) is 0.262. The molecule has 3 aromatic rings. The van der Waals surface area contributed by atoms with E-state index in [1.807, 2.05) is 61.5 Å². The summed E-state index contributed by atoms with van der Waals surface area (Å²) in [4.78, 5) is 14.5. The molecule has 5 heteroatoms. The van der Waals surface area contributed by atoms with Crippen LogP contribution in [0.5, 0.6) is 11.5 Å². The summed E-state index contributed by atoms with van der Waals surface area (Å²) in [5.41, 5.74) is 2.86. The molecule has 0 saturated heterocycles. The molecule has 0 unspecified atom stereocenters. The number of carbonyl (C=O) groups excluding carboxylic acids is 1. The lowest BCUT2D eigenvalue weighted by atomic mass is 10.1. The molecule has 0 saturated carbocycles. The Hall–Kier alpha value is -2.56. The van der Waals surface area contributed by atoms with Crippen molar-refractivity contribution < 1.29 is 14.3 Å². The van der Waals surface area contributed by atoms with E-state index in [-0.39, 0.29) is 5.78 Å². The first kappa shape index (κ1) is 22.1. The number of allylic oxidation sites excluding steroid dienone is 1. The molecule has 2 aromatic carbocycles. The standard InChI is InChI=1S/C25H25ClO3S/c1-4-5-20-9-13-25(30-20)22(27)10-7-18-8-12-23(28-3)19(15-18)16-29-24-11-6-17(2)14-21(24)26/h6-15H,4-5,16H2,1-3H3/b10-7+. The number of halogens is 1. The summed E-state index contributed by atoms with van der Waals surface area (Å²) in [6, 6.07) is 15.4. The van der Waals surface area contributed by atoms with E-state index in [0.717, 1.165) is 40.2 Å². The number of thiophene rings is 1. The van der Waals surface area contributed by atoms with Crippen molar-refractivity contribution in [3.63, 3.8) is 0 Å². The van der Waals surface area contributed by atoms with Gasteiger partial charge in [-0.1, -0.05) is 43.2 Å². The Bertz CT molecular complexity index is 1050. The molecule has 156 valence electrons. The topological polar surface area (TPSA) is 35.5 Å². The molecule has 0 aliphatic rings. The zero-order chi connectivity index (χ0) is 21.5. The summed E-state index contributed by atoms with van der Waals surface area (Å²) < 4.78 is 11.4. The predicted molar refractivity (Wildman–Crippen MR) is 125 cm³/mol. The lowest BCUT2D eigenvalue weighted by Crippen LogP contribution is -2.00. The van der Waals surface area contributed by atoms with Crippen LogP contribution in [0.2, 0.25) is 5.02 Å². The SMILES string of the molecule is CCCc1ccc(C(=O)/C=C/c2ccc(OC)c(COc3ccc(C)cc3Cl)c2)s1. The molecule has 0 amide bonds. The fraction of sp³-hybridized carbons (Fsp3) is 0.240. The van der Waals surface area contributed by atoms with E-state index < -0.39 is 0 Å². The Morgan fingerprint density at radius 2 is 1.90 bits per heavy atom. The third-order valence-corrected chi connectivity index (χ3v) is 6.06. The highest BCUT2D eigenvalue weighted by atomic mass is 35.5. The van der Waals surface area contributed by atoms with Crippen LogP contribution >= 0.6 is 22.9 Å². The van der Waals surface area contributed by atoms with E-state index in [2.05, 4.69) is 6.92 Å². The largest absolute Gasteiger partial charge is 0.496 e. The molecule has 0 aliphatic carbocycles. The van der Waals surface area contributed by atoms with Crippen LogP contribution in [-0.2, 0) is 13.0 Å². The Morgan fingerprint density at radius 1 is 1.10 bits per heavy atom. The second-order valence-electron chi connectivity index (χ2n) is 7.01. The minimum atomic E-state index is 0.0161. The van der Waals surface area contributed by atoms with Crippen LogP contribution in [-0.4, -0.2) is 12.9 Å². The van der Waals surface area contributed by atoms with Crippen molar-refractivity contribution in [2.75, 3.05) is 7.11 Å². The summed E-state index contributed by atoms with van der Waals surface area (Å²) in [6.45, 7) is 4.43. The lowest BCUT2D eigenvalue weighted by Gasteiger charge is -2.12. The Kier molecular flexibility index (Phi) is 7.72. The molecule has 0 bridgehead atoms. The summed E-state index contributed by atoms with van der Waals surface area (Å²) >= 11 is 7.83. The monoisotopic (exact) mass is 440 g/mol. The number of rotatable bonds is 9. The maximum atomic E-state index is 12.5. The minimum absolute atomic E-state index is 0.0161. The number of hydrogen-bond donors (Lipinski definition) is 0. The first-order valence-corrected chi connectivity index (χ1v) is 11.1. The van der Waals surface area contributed by atoms with Crippen molar-refractivity contribution in [3.8, 4) is 11.5 Å². The smallest absolute Gasteiger partial charge is 0.195 e. The first-order chi connectivity index (χ1) is 14.5. The van der Waals surface area contributed by atoms with Gasteiger partial charge in [-0.05, 0) is 66.9 Å². The Balaban J connectivity index is 1.72. The third-order valence-electron chi connectivity index (χ3n) is 4.60. The highest BCUT2D eigenvalue weighted by Crippen LogP contribution is 2.28.